The maximum absolute atomic E-state index is 12.9. The van der Waals surface area contributed by atoms with E-state index in [1.54, 1.807) is 6.92 Å². The van der Waals surface area contributed by atoms with E-state index >= 15 is 0 Å². The van der Waals surface area contributed by atoms with Gasteiger partial charge in [-0.05, 0) is 14.1 Å². The normalized spacial score (nSPS) is 11.3. The number of carbonyl (C=O) groups is 1. The molecule has 0 saturated heterocycles. The van der Waals surface area contributed by atoms with Crippen LogP contribution < -0.4 is 5.32 Å². The Morgan fingerprint density at radius 2 is 1.76 bits per heavy atom. The van der Waals surface area contributed by atoms with Gasteiger partial charge in [0.1, 0.15) is 0 Å². The van der Waals surface area contributed by atoms with Crippen molar-refractivity contribution in [3.8, 4) is 28.3 Å². The van der Waals surface area contributed by atoms with Gasteiger partial charge >= 0.3 is 172 Å². The third-order valence-corrected chi connectivity index (χ3v) is 5.58. The summed E-state index contributed by atoms with van der Waals surface area (Å²) in [7, 11) is 3.93. The zero-order valence-corrected chi connectivity index (χ0v) is 18.8. The van der Waals surface area contributed by atoms with E-state index in [0.717, 1.165) is 13.0 Å². The second kappa shape index (κ2) is 9.03. The fourth-order valence-electron chi connectivity index (χ4n) is 3.80. The molecule has 4 aromatic rings. The molecule has 2 heterocycles. The average Bonchev–Trinajstić information content (AvgIpc) is 2.80. The minimum atomic E-state index is -0.342. The van der Waals surface area contributed by atoms with E-state index < -0.39 is 0 Å². The molecule has 0 unspecified atom stereocenters. The third-order valence-electron chi connectivity index (χ3n) is 5.58. The summed E-state index contributed by atoms with van der Waals surface area (Å²) in [4.78, 5) is 24.0. The maximum atomic E-state index is 12.9. The topological polar surface area (TPSA) is 119 Å². The molecule has 0 atom stereocenters. The number of nitrogens with zero attached hydrogens (tertiary/aromatic N) is 3. The van der Waals surface area contributed by atoms with Crippen molar-refractivity contribution in [2.24, 2.45) is 0 Å². The van der Waals surface area contributed by atoms with E-state index in [4.69, 9.17) is 0 Å². The molecule has 4 rings (SSSR count). The van der Waals surface area contributed by atoms with E-state index in [1.807, 2.05) is 50.1 Å². The molecule has 0 aliphatic carbocycles. The van der Waals surface area contributed by atoms with Crippen LogP contribution in [-0.2, 0) is 0 Å². The number of phenols is 3. The first kappa shape index (κ1) is 22.5. The average molecular weight is 444 g/mol. The molecule has 2 aromatic heterocycles. The third kappa shape index (κ3) is 4.19. The zero-order valence-electron chi connectivity index (χ0n) is 18.8. The van der Waals surface area contributed by atoms with Crippen LogP contribution in [0.25, 0.3) is 33.1 Å². The Hall–Kier alpha value is -3.72. The Bertz CT molecular complexity index is 1360. The van der Waals surface area contributed by atoms with Crippen LogP contribution >= 0.6 is 0 Å². The molecule has 168 valence electrons. The summed E-state index contributed by atoms with van der Waals surface area (Å²) < 4.78 is 0. The summed E-state index contributed by atoms with van der Waals surface area (Å²) in [5.74, 6) is 0.993. The fraction of sp³-hybridized carbons (Fsp3) is 0.250. The molecule has 0 spiro atoms. The summed E-state index contributed by atoms with van der Waals surface area (Å²) in [6.07, 6.45) is 0.781. The van der Waals surface area contributed by atoms with Crippen molar-refractivity contribution in [1.82, 2.24) is 20.2 Å². The number of fused-ring (bicyclic) bond motifs is 2. The van der Waals surface area contributed by atoms with Crippen molar-refractivity contribution in [2.75, 3.05) is 27.2 Å². The SMILES string of the molecule is Cc1c(O)c(-c2bcccc2)c2nc3c(O)ccc(C(=O)NCCCN(C)C)c3nc2c1O. The Balaban J connectivity index is 1.90. The summed E-state index contributed by atoms with van der Waals surface area (Å²) >= 11 is 0. The van der Waals surface area contributed by atoms with Crippen LogP contribution in [0.4, 0.5) is 0 Å². The number of aromatic nitrogens is 2. The predicted molar refractivity (Wildman–Crippen MR) is 129 cm³/mol. The molecule has 0 fully saturated rings. The molecule has 33 heavy (non-hydrogen) atoms. The Labute approximate surface area is 191 Å². The van der Waals surface area contributed by atoms with E-state index in [-0.39, 0.29) is 56.3 Å². The van der Waals surface area contributed by atoms with E-state index in [2.05, 4.69) is 15.3 Å². The van der Waals surface area contributed by atoms with Crippen molar-refractivity contribution >= 4 is 34.9 Å². The predicted octanol–water partition coefficient (Wildman–Crippen LogP) is 2.89. The molecule has 0 saturated carbocycles. The number of hydrogen-bond acceptors (Lipinski definition) is 7. The van der Waals surface area contributed by atoms with Gasteiger partial charge in [0.05, 0.1) is 0 Å². The van der Waals surface area contributed by atoms with Gasteiger partial charge in [-0.25, -0.2) is 0 Å². The van der Waals surface area contributed by atoms with Crippen LogP contribution in [0, 0.1) is 6.92 Å². The van der Waals surface area contributed by atoms with Gasteiger partial charge in [-0.15, -0.1) is 0 Å². The molecule has 1 amide bonds. The standard InChI is InChI=1S/C24H25BN4O4/c1-13-22(31)17(15-7-4-5-10-25-15)20-21(23(13)32)27-18-14(8-9-16(30)19(18)28-20)24(33)26-11-6-12-29(2)3/h4-5,7-10,30-32H,6,11-12H2,1-3H3,(H,26,33). The van der Waals surface area contributed by atoms with Crippen molar-refractivity contribution in [2.45, 2.75) is 13.3 Å². The minimum absolute atomic E-state index is 0.114. The van der Waals surface area contributed by atoms with Crippen LogP contribution in [0.3, 0.4) is 0 Å². The number of benzene rings is 2. The zero-order chi connectivity index (χ0) is 23.7. The van der Waals surface area contributed by atoms with Crippen molar-refractivity contribution in [3.63, 3.8) is 0 Å². The van der Waals surface area contributed by atoms with E-state index in [1.165, 1.54) is 12.1 Å². The van der Waals surface area contributed by atoms with Gasteiger partial charge in [-0.1, -0.05) is 0 Å². The Morgan fingerprint density at radius 1 is 1.00 bits per heavy atom. The number of carbonyl (C=O) groups excluding carboxylic acids is 1. The molecule has 9 heteroatoms. The van der Waals surface area contributed by atoms with Crippen molar-refractivity contribution < 1.29 is 20.1 Å². The Kier molecular flexibility index (Phi) is 6.15. The van der Waals surface area contributed by atoms with Crippen molar-refractivity contribution in [1.29, 1.82) is 0 Å². The van der Waals surface area contributed by atoms with Gasteiger partial charge in [0.15, 0.2) is 0 Å². The first-order chi connectivity index (χ1) is 15.8. The number of aromatic hydroxyl groups is 3. The number of amides is 1. The van der Waals surface area contributed by atoms with Crippen LogP contribution in [-0.4, -0.2) is 70.2 Å². The summed E-state index contributed by atoms with van der Waals surface area (Å²) in [5.41, 5.74) is 2.24. The van der Waals surface area contributed by atoms with Gasteiger partial charge in [-0.3, -0.25) is 0 Å². The monoisotopic (exact) mass is 444 g/mol. The molecule has 0 aliphatic heterocycles. The molecule has 2 aromatic carbocycles. The van der Waals surface area contributed by atoms with E-state index in [9.17, 15) is 20.1 Å². The van der Waals surface area contributed by atoms with E-state index in [0.29, 0.717) is 17.6 Å². The second-order valence-electron chi connectivity index (χ2n) is 8.23. The molecule has 0 bridgehead atoms. The number of hydrogen-bond donors (Lipinski definition) is 4. The van der Waals surface area contributed by atoms with Crippen LogP contribution in [0.15, 0.2) is 36.3 Å². The molecule has 0 radical (unpaired) electrons. The van der Waals surface area contributed by atoms with Gasteiger partial charge in [0.2, 0.25) is 0 Å². The van der Waals surface area contributed by atoms with Crippen LogP contribution in [0.1, 0.15) is 22.3 Å². The fourth-order valence-corrected chi connectivity index (χ4v) is 3.80. The molecule has 4 N–H and O–H groups in total. The molecule has 0 aliphatic rings. The second-order valence-corrected chi connectivity index (χ2v) is 8.23. The summed E-state index contributed by atoms with van der Waals surface area (Å²) in [5, 5.41) is 35.0. The quantitative estimate of drug-likeness (QED) is 0.267. The molecular formula is C24H25BN4O4. The van der Waals surface area contributed by atoms with Crippen LogP contribution in [0.5, 0.6) is 17.2 Å². The number of rotatable bonds is 6. The van der Waals surface area contributed by atoms with Gasteiger partial charge in [0.25, 0.3) is 0 Å². The van der Waals surface area contributed by atoms with Crippen molar-refractivity contribution in [3.05, 3.63) is 47.4 Å². The number of nitrogens with one attached hydrogen (secondary N) is 1. The molecule has 8 nitrogen and oxygen atoms in total. The Morgan fingerprint density at radius 3 is 2.45 bits per heavy atom. The van der Waals surface area contributed by atoms with Gasteiger partial charge < -0.3 is 4.90 Å². The summed E-state index contributed by atoms with van der Waals surface area (Å²) in [6.45, 7) is 4.72. The summed E-state index contributed by atoms with van der Waals surface area (Å²) in [6, 6.07) is 8.38. The van der Waals surface area contributed by atoms with Gasteiger partial charge in [0, 0.05) is 0 Å². The van der Waals surface area contributed by atoms with Crippen LogP contribution in [0.2, 0.25) is 0 Å². The first-order valence-electron chi connectivity index (χ1n) is 10.7. The first-order valence-corrected chi connectivity index (χ1v) is 10.7. The van der Waals surface area contributed by atoms with Gasteiger partial charge in [-0.2, -0.15) is 0 Å². The molecular weight excluding hydrogens is 419 g/mol. The number of phenolic OH excluding ortho intramolecular Hbond substituents is 3.